The van der Waals surface area contributed by atoms with E-state index in [2.05, 4.69) is 22.9 Å². The van der Waals surface area contributed by atoms with E-state index in [1.807, 2.05) is 6.92 Å². The second-order valence-electron chi connectivity index (χ2n) is 6.16. The summed E-state index contributed by atoms with van der Waals surface area (Å²) in [6.07, 6.45) is 7.12. The average molecular weight is 297 g/mol. The zero-order valence-electron chi connectivity index (χ0n) is 13.7. The van der Waals surface area contributed by atoms with E-state index in [4.69, 9.17) is 0 Å². The standard InChI is InChI=1S/C16H31N3O2/c1-4-10-17-15(20)12(3)19-16(21)18-11-14-8-6-13(5-2)7-9-14/h12-14H,4-11H2,1-3H3,(H,17,20)(H2,18,19,21). The van der Waals surface area contributed by atoms with Crippen molar-refractivity contribution in [3.05, 3.63) is 0 Å². The van der Waals surface area contributed by atoms with Crippen LogP contribution in [0.4, 0.5) is 4.79 Å². The molecule has 0 saturated heterocycles. The third-order valence-corrected chi connectivity index (χ3v) is 4.39. The molecule has 5 nitrogen and oxygen atoms in total. The minimum Gasteiger partial charge on any atom is -0.354 e. The highest BCUT2D eigenvalue weighted by Gasteiger charge is 2.21. The number of carbonyl (C=O) groups excluding carboxylic acids is 2. The van der Waals surface area contributed by atoms with Gasteiger partial charge in [0.05, 0.1) is 0 Å². The van der Waals surface area contributed by atoms with Crippen LogP contribution in [0.5, 0.6) is 0 Å². The fraction of sp³-hybridized carbons (Fsp3) is 0.875. The summed E-state index contributed by atoms with van der Waals surface area (Å²) in [6, 6.07) is -0.737. The number of hydrogen-bond acceptors (Lipinski definition) is 2. The van der Waals surface area contributed by atoms with Crippen LogP contribution >= 0.6 is 0 Å². The maximum atomic E-state index is 11.8. The normalized spacial score (nSPS) is 23.2. The summed E-state index contributed by atoms with van der Waals surface area (Å²) in [5, 5.41) is 8.36. The molecule has 5 heteroatoms. The second kappa shape index (κ2) is 9.64. The van der Waals surface area contributed by atoms with Crippen LogP contribution in [-0.2, 0) is 4.79 Å². The molecule has 1 aliphatic rings. The lowest BCUT2D eigenvalue weighted by Crippen LogP contribution is -2.49. The molecule has 3 N–H and O–H groups in total. The Labute approximate surface area is 128 Å². The number of amides is 3. The van der Waals surface area contributed by atoms with Crippen molar-refractivity contribution in [2.24, 2.45) is 11.8 Å². The highest BCUT2D eigenvalue weighted by atomic mass is 16.2. The maximum absolute atomic E-state index is 11.8. The van der Waals surface area contributed by atoms with Gasteiger partial charge in [-0.15, -0.1) is 0 Å². The molecule has 122 valence electrons. The number of rotatable bonds is 7. The lowest BCUT2D eigenvalue weighted by Gasteiger charge is -2.28. The highest BCUT2D eigenvalue weighted by Crippen LogP contribution is 2.29. The van der Waals surface area contributed by atoms with Crippen molar-refractivity contribution in [1.29, 1.82) is 0 Å². The molecule has 1 aliphatic carbocycles. The number of urea groups is 1. The van der Waals surface area contributed by atoms with E-state index in [0.29, 0.717) is 19.0 Å². The van der Waals surface area contributed by atoms with E-state index in [1.165, 1.54) is 32.1 Å². The van der Waals surface area contributed by atoms with Crippen LogP contribution in [0.2, 0.25) is 0 Å². The summed E-state index contributed by atoms with van der Waals surface area (Å²) in [5.74, 6) is 1.33. The van der Waals surface area contributed by atoms with Gasteiger partial charge in [0.15, 0.2) is 0 Å². The van der Waals surface area contributed by atoms with Crippen molar-refractivity contribution >= 4 is 11.9 Å². The zero-order chi connectivity index (χ0) is 15.7. The monoisotopic (exact) mass is 297 g/mol. The smallest absolute Gasteiger partial charge is 0.315 e. The van der Waals surface area contributed by atoms with Crippen LogP contribution in [0.1, 0.15) is 59.3 Å². The van der Waals surface area contributed by atoms with Gasteiger partial charge in [0.25, 0.3) is 0 Å². The molecule has 1 saturated carbocycles. The SMILES string of the molecule is CCCNC(=O)C(C)NC(=O)NCC1CCC(CC)CC1. The van der Waals surface area contributed by atoms with Gasteiger partial charge in [-0.1, -0.05) is 33.1 Å². The Morgan fingerprint density at radius 1 is 1.05 bits per heavy atom. The number of carbonyl (C=O) groups is 2. The van der Waals surface area contributed by atoms with Gasteiger partial charge in [-0.25, -0.2) is 4.79 Å². The lowest BCUT2D eigenvalue weighted by molar-refractivity contribution is -0.122. The molecule has 1 rings (SSSR count). The summed E-state index contributed by atoms with van der Waals surface area (Å²) in [6.45, 7) is 7.32. The van der Waals surface area contributed by atoms with E-state index >= 15 is 0 Å². The number of hydrogen-bond donors (Lipinski definition) is 3. The summed E-state index contributed by atoms with van der Waals surface area (Å²) in [7, 11) is 0. The molecular weight excluding hydrogens is 266 g/mol. The molecule has 1 atom stereocenters. The Kier molecular flexibility index (Phi) is 8.16. The molecule has 0 aromatic heterocycles. The predicted molar refractivity (Wildman–Crippen MR) is 85.0 cm³/mol. The second-order valence-corrected chi connectivity index (χ2v) is 6.16. The summed E-state index contributed by atoms with van der Waals surface area (Å²) in [5.41, 5.74) is 0. The van der Waals surface area contributed by atoms with Crippen LogP contribution < -0.4 is 16.0 Å². The van der Waals surface area contributed by atoms with E-state index in [1.54, 1.807) is 6.92 Å². The molecule has 1 unspecified atom stereocenters. The van der Waals surface area contributed by atoms with Crippen molar-refractivity contribution in [2.75, 3.05) is 13.1 Å². The fourth-order valence-corrected chi connectivity index (χ4v) is 2.80. The summed E-state index contributed by atoms with van der Waals surface area (Å²) in [4.78, 5) is 23.5. The highest BCUT2D eigenvalue weighted by molar-refractivity contribution is 5.86. The third kappa shape index (κ3) is 6.82. The summed E-state index contributed by atoms with van der Waals surface area (Å²) >= 11 is 0. The van der Waals surface area contributed by atoms with Crippen LogP contribution in [0.15, 0.2) is 0 Å². The molecule has 0 heterocycles. The van der Waals surface area contributed by atoms with Crippen molar-refractivity contribution in [3.63, 3.8) is 0 Å². The van der Waals surface area contributed by atoms with E-state index in [0.717, 1.165) is 12.3 Å². The molecular formula is C16H31N3O2. The molecule has 0 bridgehead atoms. The molecule has 0 radical (unpaired) electrons. The van der Waals surface area contributed by atoms with Gasteiger partial charge in [-0.2, -0.15) is 0 Å². The first-order valence-electron chi connectivity index (χ1n) is 8.38. The predicted octanol–water partition coefficient (Wildman–Crippen LogP) is 2.42. The first-order valence-corrected chi connectivity index (χ1v) is 8.38. The minimum absolute atomic E-state index is 0.129. The van der Waals surface area contributed by atoms with Gasteiger partial charge in [0, 0.05) is 13.1 Å². The van der Waals surface area contributed by atoms with Crippen LogP contribution in [-0.4, -0.2) is 31.1 Å². The van der Waals surface area contributed by atoms with Gasteiger partial charge in [-0.05, 0) is 38.0 Å². The fourth-order valence-electron chi connectivity index (χ4n) is 2.80. The third-order valence-electron chi connectivity index (χ3n) is 4.39. The van der Waals surface area contributed by atoms with Crippen molar-refractivity contribution in [1.82, 2.24) is 16.0 Å². The molecule has 21 heavy (non-hydrogen) atoms. The van der Waals surface area contributed by atoms with E-state index in [9.17, 15) is 9.59 Å². The Morgan fingerprint density at radius 3 is 2.24 bits per heavy atom. The van der Waals surface area contributed by atoms with Crippen LogP contribution in [0.3, 0.4) is 0 Å². The molecule has 0 spiro atoms. The maximum Gasteiger partial charge on any atom is 0.315 e. The average Bonchev–Trinajstić information content (AvgIpc) is 2.50. The van der Waals surface area contributed by atoms with Crippen molar-refractivity contribution in [2.45, 2.75) is 65.3 Å². The van der Waals surface area contributed by atoms with Crippen molar-refractivity contribution < 1.29 is 9.59 Å². The Hall–Kier alpha value is -1.26. The number of nitrogens with one attached hydrogen (secondary N) is 3. The van der Waals surface area contributed by atoms with Gasteiger partial charge >= 0.3 is 6.03 Å². The quantitative estimate of drug-likeness (QED) is 0.675. The van der Waals surface area contributed by atoms with E-state index in [-0.39, 0.29) is 11.9 Å². The zero-order valence-corrected chi connectivity index (χ0v) is 13.7. The topological polar surface area (TPSA) is 70.2 Å². The Balaban J connectivity index is 2.17. The van der Waals surface area contributed by atoms with Gasteiger partial charge in [-0.3, -0.25) is 4.79 Å². The molecule has 0 aliphatic heterocycles. The molecule has 3 amide bonds. The summed E-state index contributed by atoms with van der Waals surface area (Å²) < 4.78 is 0. The minimum atomic E-state index is -0.493. The first kappa shape index (κ1) is 17.8. The van der Waals surface area contributed by atoms with E-state index < -0.39 is 6.04 Å². The molecule has 1 fully saturated rings. The Bertz CT molecular complexity index is 325. The van der Waals surface area contributed by atoms with Gasteiger partial charge in [0.1, 0.15) is 6.04 Å². The largest absolute Gasteiger partial charge is 0.354 e. The van der Waals surface area contributed by atoms with Crippen molar-refractivity contribution in [3.8, 4) is 0 Å². The first-order chi connectivity index (χ1) is 10.1. The lowest BCUT2D eigenvalue weighted by atomic mass is 9.81. The van der Waals surface area contributed by atoms with Gasteiger partial charge in [0.2, 0.25) is 5.91 Å². The van der Waals surface area contributed by atoms with Crippen LogP contribution in [0.25, 0.3) is 0 Å². The van der Waals surface area contributed by atoms with Crippen LogP contribution in [0, 0.1) is 11.8 Å². The Morgan fingerprint density at radius 2 is 1.67 bits per heavy atom. The molecule has 0 aromatic rings. The van der Waals surface area contributed by atoms with Gasteiger partial charge < -0.3 is 16.0 Å². The molecule has 0 aromatic carbocycles.